The Morgan fingerprint density at radius 2 is 2.16 bits per heavy atom. The number of amides is 1. The van der Waals surface area contributed by atoms with Gasteiger partial charge in [-0.05, 0) is 0 Å². The van der Waals surface area contributed by atoms with Gasteiger partial charge < -0.3 is 30.3 Å². The topological polar surface area (TPSA) is 160 Å². The lowest BCUT2D eigenvalue weighted by Gasteiger charge is -2.26. The number of aromatic nitrogens is 2. The zero-order chi connectivity index (χ0) is 18.3. The molecule has 3 heterocycles. The Morgan fingerprint density at radius 3 is 2.76 bits per heavy atom. The molecule has 0 aromatic carbocycles. The van der Waals surface area contributed by atoms with Crippen LogP contribution < -0.4 is 21.1 Å². The summed E-state index contributed by atoms with van der Waals surface area (Å²) in [4.78, 5) is 32.1. The number of aromatic amines is 1. The van der Waals surface area contributed by atoms with Gasteiger partial charge in [0, 0.05) is 5.92 Å². The third-order valence-electron chi connectivity index (χ3n) is 4.19. The number of hydrogen-bond donors (Lipinski definition) is 6. The van der Waals surface area contributed by atoms with Gasteiger partial charge in [-0.25, -0.2) is 0 Å². The molecule has 4 unspecified atom stereocenters. The molecule has 1 aromatic heterocycles. The molecule has 0 bridgehead atoms. The number of carbonyl (C=O) groups is 1. The van der Waals surface area contributed by atoms with E-state index in [1.807, 2.05) is 0 Å². The molecule has 1 fully saturated rings. The first-order valence-corrected chi connectivity index (χ1v) is 7.91. The van der Waals surface area contributed by atoms with Gasteiger partial charge in [-0.1, -0.05) is 13.8 Å². The van der Waals surface area contributed by atoms with E-state index >= 15 is 0 Å². The SMILES string of the molecule is CC(C)C(=O)Nc1nc2c(c(=O)[nH]1)NCN2C1OC(CO)C(O)C1O. The Morgan fingerprint density at radius 1 is 1.44 bits per heavy atom. The number of fused-ring (bicyclic) bond motifs is 1. The van der Waals surface area contributed by atoms with E-state index in [1.54, 1.807) is 13.8 Å². The second kappa shape index (κ2) is 6.59. The molecule has 2 aliphatic heterocycles. The minimum absolute atomic E-state index is 0.0251. The molecule has 0 spiro atoms. The highest BCUT2D eigenvalue weighted by atomic mass is 16.6. The molecule has 0 saturated carbocycles. The fourth-order valence-electron chi connectivity index (χ4n) is 2.74. The maximum Gasteiger partial charge on any atom is 0.277 e. The van der Waals surface area contributed by atoms with E-state index in [-0.39, 0.29) is 35.9 Å². The number of anilines is 3. The van der Waals surface area contributed by atoms with Crippen molar-refractivity contribution >= 4 is 23.4 Å². The quantitative estimate of drug-likeness (QED) is 0.359. The third-order valence-corrected chi connectivity index (χ3v) is 4.19. The summed E-state index contributed by atoms with van der Waals surface area (Å²) < 4.78 is 5.47. The monoisotopic (exact) mass is 355 g/mol. The molecule has 1 aromatic rings. The molecule has 2 aliphatic rings. The summed E-state index contributed by atoms with van der Waals surface area (Å²) in [5.41, 5.74) is -0.321. The number of nitrogens with zero attached hydrogens (tertiary/aromatic N) is 2. The van der Waals surface area contributed by atoms with Gasteiger partial charge in [0.15, 0.2) is 12.0 Å². The number of H-pyrrole nitrogens is 1. The van der Waals surface area contributed by atoms with Gasteiger partial charge in [0.1, 0.15) is 24.0 Å². The van der Waals surface area contributed by atoms with Crippen LogP contribution in [0.4, 0.5) is 17.5 Å². The maximum atomic E-state index is 12.2. The summed E-state index contributed by atoms with van der Waals surface area (Å²) in [7, 11) is 0. The van der Waals surface area contributed by atoms with Gasteiger partial charge in [0.05, 0.1) is 13.3 Å². The zero-order valence-electron chi connectivity index (χ0n) is 13.8. The van der Waals surface area contributed by atoms with Crippen molar-refractivity contribution in [2.45, 2.75) is 38.4 Å². The van der Waals surface area contributed by atoms with Crippen LogP contribution in [0, 0.1) is 5.92 Å². The number of ether oxygens (including phenoxy) is 1. The van der Waals surface area contributed by atoms with Gasteiger partial charge >= 0.3 is 0 Å². The predicted molar refractivity (Wildman–Crippen MR) is 87.1 cm³/mol. The molecule has 6 N–H and O–H groups in total. The van der Waals surface area contributed by atoms with E-state index in [0.717, 1.165) is 0 Å². The molecule has 25 heavy (non-hydrogen) atoms. The first-order valence-electron chi connectivity index (χ1n) is 7.91. The lowest BCUT2D eigenvalue weighted by Crippen LogP contribution is -2.44. The Bertz CT molecular complexity index is 722. The summed E-state index contributed by atoms with van der Waals surface area (Å²) >= 11 is 0. The minimum atomic E-state index is -1.29. The first-order chi connectivity index (χ1) is 11.8. The molecule has 3 rings (SSSR count). The zero-order valence-corrected chi connectivity index (χ0v) is 13.8. The van der Waals surface area contributed by atoms with E-state index < -0.39 is 36.7 Å². The van der Waals surface area contributed by atoms with Gasteiger partial charge in [0.2, 0.25) is 11.9 Å². The molecule has 4 atom stereocenters. The number of aliphatic hydroxyl groups is 3. The Balaban J connectivity index is 1.90. The van der Waals surface area contributed by atoms with Crippen molar-refractivity contribution in [3.63, 3.8) is 0 Å². The number of rotatable bonds is 4. The second-order valence-electron chi connectivity index (χ2n) is 6.29. The van der Waals surface area contributed by atoms with Crippen LogP contribution >= 0.6 is 0 Å². The van der Waals surface area contributed by atoms with Gasteiger partial charge in [-0.3, -0.25) is 19.9 Å². The predicted octanol–water partition coefficient (Wildman–Crippen LogP) is -2.01. The van der Waals surface area contributed by atoms with Crippen molar-refractivity contribution in [3.05, 3.63) is 10.4 Å². The van der Waals surface area contributed by atoms with Crippen LogP contribution in [0.5, 0.6) is 0 Å². The molecule has 11 nitrogen and oxygen atoms in total. The highest BCUT2D eigenvalue weighted by Crippen LogP contribution is 2.33. The third kappa shape index (κ3) is 3.06. The number of carbonyl (C=O) groups excluding carboxylic acids is 1. The lowest BCUT2D eigenvalue weighted by atomic mass is 10.1. The van der Waals surface area contributed by atoms with Crippen LogP contribution in [-0.4, -0.2) is 69.0 Å². The molecule has 1 amide bonds. The molecule has 1 saturated heterocycles. The summed E-state index contributed by atoms with van der Waals surface area (Å²) in [6, 6.07) is 0. The van der Waals surface area contributed by atoms with Crippen molar-refractivity contribution in [1.29, 1.82) is 0 Å². The highest BCUT2D eigenvalue weighted by molar-refractivity contribution is 5.90. The largest absolute Gasteiger partial charge is 0.394 e. The summed E-state index contributed by atoms with van der Waals surface area (Å²) in [6.45, 7) is 3.06. The second-order valence-corrected chi connectivity index (χ2v) is 6.29. The smallest absolute Gasteiger partial charge is 0.277 e. The normalized spacial score (nSPS) is 28.2. The van der Waals surface area contributed by atoms with Crippen molar-refractivity contribution in [1.82, 2.24) is 9.97 Å². The maximum absolute atomic E-state index is 12.2. The molecule has 0 aliphatic carbocycles. The lowest BCUT2D eigenvalue weighted by molar-refractivity contribution is -0.118. The Kier molecular flexibility index (Phi) is 4.64. The standard InChI is InChI=1S/C14H21N5O6/c1-5(2)11(23)17-14-16-10-7(12(24)18-14)15-4-19(10)13-9(22)8(21)6(3-20)25-13/h5-6,8-9,13,15,20-22H,3-4H2,1-2H3,(H2,16,17,18,23,24). The van der Waals surface area contributed by atoms with E-state index in [9.17, 15) is 24.9 Å². The van der Waals surface area contributed by atoms with Crippen LogP contribution in [0.25, 0.3) is 0 Å². The molecule has 0 radical (unpaired) electrons. The van der Waals surface area contributed by atoms with E-state index in [0.29, 0.717) is 0 Å². The van der Waals surface area contributed by atoms with Crippen LogP contribution in [-0.2, 0) is 9.53 Å². The van der Waals surface area contributed by atoms with Crippen LogP contribution in [0.3, 0.4) is 0 Å². The highest BCUT2D eigenvalue weighted by Gasteiger charge is 2.47. The fraction of sp³-hybridized carbons (Fsp3) is 0.643. The van der Waals surface area contributed by atoms with E-state index in [2.05, 4.69) is 20.6 Å². The minimum Gasteiger partial charge on any atom is -0.394 e. The number of nitrogens with one attached hydrogen (secondary N) is 3. The Labute approximate surface area is 142 Å². The van der Waals surface area contributed by atoms with E-state index in [1.165, 1.54) is 4.90 Å². The fourth-order valence-corrected chi connectivity index (χ4v) is 2.74. The van der Waals surface area contributed by atoms with E-state index in [4.69, 9.17) is 4.74 Å². The number of aliphatic hydroxyl groups excluding tert-OH is 3. The van der Waals surface area contributed by atoms with Crippen molar-refractivity contribution in [3.8, 4) is 0 Å². The average molecular weight is 355 g/mol. The van der Waals surface area contributed by atoms with Gasteiger partial charge in [0.25, 0.3) is 5.56 Å². The molecular formula is C14H21N5O6. The van der Waals surface area contributed by atoms with Gasteiger partial charge in [-0.15, -0.1) is 0 Å². The van der Waals surface area contributed by atoms with Crippen molar-refractivity contribution in [2.75, 3.05) is 28.8 Å². The Hall–Kier alpha value is -2.21. The molecular weight excluding hydrogens is 334 g/mol. The van der Waals surface area contributed by atoms with Crippen LogP contribution in [0.2, 0.25) is 0 Å². The molecule has 11 heteroatoms. The average Bonchev–Trinajstić information content (AvgIpc) is 3.10. The van der Waals surface area contributed by atoms with Crippen LogP contribution in [0.1, 0.15) is 13.8 Å². The number of hydrogen-bond acceptors (Lipinski definition) is 9. The summed E-state index contributed by atoms with van der Waals surface area (Å²) in [5.74, 6) is -0.456. The van der Waals surface area contributed by atoms with Crippen molar-refractivity contribution < 1.29 is 24.9 Å². The summed E-state index contributed by atoms with van der Waals surface area (Å²) in [5, 5.41) is 34.6. The summed E-state index contributed by atoms with van der Waals surface area (Å²) in [6.07, 6.45) is -4.49. The van der Waals surface area contributed by atoms with Crippen molar-refractivity contribution in [2.24, 2.45) is 5.92 Å². The first kappa shape index (κ1) is 17.6. The molecule has 138 valence electrons. The van der Waals surface area contributed by atoms with Crippen LogP contribution in [0.15, 0.2) is 4.79 Å². The van der Waals surface area contributed by atoms with Gasteiger partial charge in [-0.2, -0.15) is 4.98 Å².